The van der Waals surface area contributed by atoms with Crippen molar-refractivity contribution >= 4 is 27.3 Å². The van der Waals surface area contributed by atoms with Gasteiger partial charge >= 0.3 is 0 Å². The van der Waals surface area contributed by atoms with E-state index in [0.29, 0.717) is 6.04 Å². The number of nitrogens with one attached hydrogen (secondary N) is 1. The minimum Gasteiger partial charge on any atom is -0.317 e. The molecule has 0 spiro atoms. The average Bonchev–Trinajstić information content (AvgIpc) is 2.89. The Kier molecular flexibility index (Phi) is 6.20. The number of halogens is 2. The van der Waals surface area contributed by atoms with Gasteiger partial charge in [0.2, 0.25) is 0 Å². The highest BCUT2D eigenvalue weighted by Crippen LogP contribution is 2.18. The first kappa shape index (κ1) is 15.7. The van der Waals surface area contributed by atoms with Gasteiger partial charge in [-0.1, -0.05) is 22.0 Å². The van der Waals surface area contributed by atoms with Crippen molar-refractivity contribution in [2.75, 3.05) is 7.05 Å². The largest absolute Gasteiger partial charge is 0.317 e. The summed E-state index contributed by atoms with van der Waals surface area (Å²) in [7, 11) is 1.98. The van der Waals surface area contributed by atoms with Gasteiger partial charge in [0, 0.05) is 15.4 Å². The normalized spacial score (nSPS) is 12.6. The molecule has 0 aliphatic heterocycles. The molecule has 0 saturated carbocycles. The van der Waals surface area contributed by atoms with Crippen LogP contribution in [0.5, 0.6) is 0 Å². The third kappa shape index (κ3) is 5.00. The highest BCUT2D eigenvalue weighted by atomic mass is 79.9. The summed E-state index contributed by atoms with van der Waals surface area (Å²) in [6, 6.07) is 9.78. The minimum absolute atomic E-state index is 0.178. The van der Waals surface area contributed by atoms with E-state index >= 15 is 0 Å². The highest BCUT2D eigenvalue weighted by Gasteiger charge is 2.09. The fraction of sp³-hybridized carbons (Fsp3) is 0.375. The molecule has 0 saturated heterocycles. The van der Waals surface area contributed by atoms with Crippen LogP contribution >= 0.6 is 27.3 Å². The van der Waals surface area contributed by atoms with Gasteiger partial charge in [0.05, 0.1) is 0 Å². The molecule has 2 aromatic rings. The molecule has 0 aliphatic carbocycles. The predicted octanol–water partition coefficient (Wildman–Crippen LogP) is 4.80. The van der Waals surface area contributed by atoms with Crippen LogP contribution in [-0.4, -0.2) is 13.1 Å². The van der Waals surface area contributed by atoms with Gasteiger partial charge in [-0.05, 0) is 67.9 Å². The second kappa shape index (κ2) is 7.91. The molecular weight excluding hydrogens is 337 g/mol. The fourth-order valence-corrected chi connectivity index (χ4v) is 3.60. The van der Waals surface area contributed by atoms with Crippen molar-refractivity contribution in [3.8, 4) is 0 Å². The second-order valence-electron chi connectivity index (χ2n) is 4.94. The zero-order valence-electron chi connectivity index (χ0n) is 11.5. The summed E-state index contributed by atoms with van der Waals surface area (Å²) in [6.45, 7) is 0. The molecule has 0 bridgehead atoms. The zero-order valence-corrected chi connectivity index (χ0v) is 13.9. The van der Waals surface area contributed by atoms with Crippen molar-refractivity contribution in [2.24, 2.45) is 0 Å². The Morgan fingerprint density at radius 2 is 2.20 bits per heavy atom. The maximum absolute atomic E-state index is 13.4. The Balaban J connectivity index is 1.85. The van der Waals surface area contributed by atoms with Crippen molar-refractivity contribution < 1.29 is 4.39 Å². The van der Waals surface area contributed by atoms with Gasteiger partial charge in [0.15, 0.2) is 0 Å². The predicted molar refractivity (Wildman–Crippen MR) is 87.9 cm³/mol. The molecule has 0 aliphatic rings. The van der Waals surface area contributed by atoms with Crippen molar-refractivity contribution in [3.05, 3.63) is 56.4 Å². The summed E-state index contributed by atoms with van der Waals surface area (Å²) in [5.41, 5.74) is 1.03. The van der Waals surface area contributed by atoms with Crippen LogP contribution in [0.25, 0.3) is 0 Å². The summed E-state index contributed by atoms with van der Waals surface area (Å²) >= 11 is 5.16. The first-order chi connectivity index (χ1) is 9.67. The molecule has 0 radical (unpaired) electrons. The summed E-state index contributed by atoms with van der Waals surface area (Å²) in [4.78, 5) is 1.44. The van der Waals surface area contributed by atoms with E-state index in [9.17, 15) is 4.39 Å². The van der Waals surface area contributed by atoms with E-state index in [0.717, 1.165) is 35.7 Å². The summed E-state index contributed by atoms with van der Waals surface area (Å²) in [5.74, 6) is -0.178. The first-order valence-electron chi connectivity index (χ1n) is 6.82. The molecule has 1 unspecified atom stereocenters. The van der Waals surface area contributed by atoms with Gasteiger partial charge < -0.3 is 5.32 Å². The number of hydrogen-bond donors (Lipinski definition) is 1. The third-order valence-corrected chi connectivity index (χ3v) is 4.76. The van der Waals surface area contributed by atoms with Crippen LogP contribution in [0.4, 0.5) is 4.39 Å². The van der Waals surface area contributed by atoms with Crippen molar-refractivity contribution in [3.63, 3.8) is 0 Å². The number of hydrogen-bond acceptors (Lipinski definition) is 2. The molecule has 1 heterocycles. The van der Waals surface area contributed by atoms with Gasteiger partial charge in [-0.15, -0.1) is 11.3 Å². The smallest absolute Gasteiger partial charge is 0.124 e. The SMILES string of the molecule is CNC(CCCc1cccs1)Cc1cc(F)cc(Br)c1. The van der Waals surface area contributed by atoms with E-state index in [4.69, 9.17) is 0 Å². The van der Waals surface area contributed by atoms with Crippen LogP contribution in [0.1, 0.15) is 23.3 Å². The summed E-state index contributed by atoms with van der Waals surface area (Å²) < 4.78 is 14.2. The monoisotopic (exact) mass is 355 g/mol. The fourth-order valence-electron chi connectivity index (χ4n) is 2.34. The second-order valence-corrected chi connectivity index (χ2v) is 6.89. The molecule has 0 amide bonds. The summed E-state index contributed by atoms with van der Waals surface area (Å²) in [5, 5.41) is 5.46. The quantitative estimate of drug-likeness (QED) is 0.751. The Hall–Kier alpha value is -0.710. The van der Waals surface area contributed by atoms with Crippen LogP contribution in [0.2, 0.25) is 0 Å². The number of aryl methyl sites for hydroxylation is 1. The van der Waals surface area contributed by atoms with E-state index in [1.165, 1.54) is 10.9 Å². The zero-order chi connectivity index (χ0) is 14.4. The highest BCUT2D eigenvalue weighted by molar-refractivity contribution is 9.10. The first-order valence-corrected chi connectivity index (χ1v) is 8.49. The Morgan fingerprint density at radius 3 is 2.85 bits per heavy atom. The van der Waals surface area contributed by atoms with Crippen LogP contribution < -0.4 is 5.32 Å². The third-order valence-electron chi connectivity index (χ3n) is 3.37. The van der Waals surface area contributed by atoms with Crippen LogP contribution in [0.15, 0.2) is 40.2 Å². The molecule has 1 aromatic heterocycles. The molecular formula is C16H19BrFNS. The lowest BCUT2D eigenvalue weighted by atomic mass is 10.0. The Bertz CT molecular complexity index is 507. The number of thiophene rings is 1. The van der Waals surface area contributed by atoms with Crippen molar-refractivity contribution in [1.82, 2.24) is 5.32 Å². The lowest BCUT2D eigenvalue weighted by Crippen LogP contribution is -2.27. The molecule has 2 rings (SSSR count). The number of rotatable bonds is 7. The Labute approximate surface area is 132 Å². The molecule has 1 aromatic carbocycles. The van der Waals surface area contributed by atoms with Gasteiger partial charge in [-0.25, -0.2) is 4.39 Å². The molecule has 0 fully saturated rings. The maximum Gasteiger partial charge on any atom is 0.124 e. The van der Waals surface area contributed by atoms with E-state index in [2.05, 4.69) is 38.8 Å². The van der Waals surface area contributed by atoms with Gasteiger partial charge in [-0.3, -0.25) is 0 Å². The van der Waals surface area contributed by atoms with Crippen LogP contribution in [0.3, 0.4) is 0 Å². The van der Waals surface area contributed by atoms with E-state index in [1.807, 2.05) is 24.5 Å². The van der Waals surface area contributed by atoms with E-state index < -0.39 is 0 Å². The summed E-state index contributed by atoms with van der Waals surface area (Å²) in [6.07, 6.45) is 4.24. The number of likely N-dealkylation sites (N-methyl/N-ethyl adjacent to an activating group) is 1. The van der Waals surface area contributed by atoms with Crippen LogP contribution in [0, 0.1) is 5.82 Å². The average molecular weight is 356 g/mol. The maximum atomic E-state index is 13.4. The molecule has 4 heteroatoms. The van der Waals surface area contributed by atoms with E-state index in [1.54, 1.807) is 6.07 Å². The lowest BCUT2D eigenvalue weighted by molar-refractivity contribution is 0.501. The molecule has 1 atom stereocenters. The molecule has 20 heavy (non-hydrogen) atoms. The molecule has 108 valence electrons. The van der Waals surface area contributed by atoms with Gasteiger partial charge in [0.1, 0.15) is 5.82 Å². The lowest BCUT2D eigenvalue weighted by Gasteiger charge is -2.16. The van der Waals surface area contributed by atoms with Gasteiger partial charge in [0.25, 0.3) is 0 Å². The van der Waals surface area contributed by atoms with Crippen molar-refractivity contribution in [2.45, 2.75) is 31.7 Å². The van der Waals surface area contributed by atoms with Crippen LogP contribution in [-0.2, 0) is 12.8 Å². The topological polar surface area (TPSA) is 12.0 Å². The van der Waals surface area contributed by atoms with Gasteiger partial charge in [-0.2, -0.15) is 0 Å². The Morgan fingerprint density at radius 1 is 1.35 bits per heavy atom. The molecule has 1 nitrogen and oxygen atoms in total. The van der Waals surface area contributed by atoms with Crippen molar-refractivity contribution in [1.29, 1.82) is 0 Å². The number of benzene rings is 1. The minimum atomic E-state index is -0.178. The standard InChI is InChI=1S/C16H19BrFNS/c1-19-15(4-2-5-16-6-3-7-20-16)10-12-8-13(17)11-14(18)9-12/h3,6-9,11,15,19H,2,4-5,10H2,1H3. The molecule has 1 N–H and O–H groups in total. The van der Waals surface area contributed by atoms with E-state index in [-0.39, 0.29) is 5.82 Å².